The van der Waals surface area contributed by atoms with Crippen LogP contribution in [0.1, 0.15) is 24.0 Å². The summed E-state index contributed by atoms with van der Waals surface area (Å²) < 4.78 is 0. The maximum atomic E-state index is 4.55. The highest BCUT2D eigenvalue weighted by Gasteiger charge is 2.25. The van der Waals surface area contributed by atoms with Crippen molar-refractivity contribution in [2.45, 2.75) is 20.3 Å². The molecule has 2 aromatic rings. The molecule has 0 aromatic carbocycles. The fourth-order valence-corrected chi connectivity index (χ4v) is 2.61. The van der Waals surface area contributed by atoms with E-state index in [-0.39, 0.29) is 0 Å². The average molecular weight is 228 g/mol. The van der Waals surface area contributed by atoms with E-state index in [0.29, 0.717) is 0 Å². The summed E-state index contributed by atoms with van der Waals surface area (Å²) in [5.74, 6) is 1.83. The molecule has 88 valence electrons. The van der Waals surface area contributed by atoms with Gasteiger partial charge in [0.25, 0.3) is 0 Å². The molecule has 17 heavy (non-hydrogen) atoms. The second-order valence-electron chi connectivity index (χ2n) is 4.61. The number of hydrogen-bond donors (Lipinski definition) is 1. The second-order valence-corrected chi connectivity index (χ2v) is 4.61. The molecule has 0 bridgehead atoms. The van der Waals surface area contributed by atoms with Gasteiger partial charge in [0.15, 0.2) is 0 Å². The minimum atomic E-state index is 0.808. The molecular formula is C13H16N4. The highest BCUT2D eigenvalue weighted by atomic mass is 15.2. The summed E-state index contributed by atoms with van der Waals surface area (Å²) in [6, 6.07) is 0. The van der Waals surface area contributed by atoms with Gasteiger partial charge in [-0.05, 0) is 18.9 Å². The molecule has 0 spiro atoms. The predicted octanol–water partition coefficient (Wildman–Crippen LogP) is 2.29. The number of aromatic nitrogens is 3. The first-order valence-corrected chi connectivity index (χ1v) is 5.90. The van der Waals surface area contributed by atoms with E-state index in [1.54, 1.807) is 0 Å². The SMILES string of the molecule is C=C1CN(C)c2nc(C)nc3[nH]c(CC)c1c23. The van der Waals surface area contributed by atoms with Crippen molar-refractivity contribution in [1.29, 1.82) is 0 Å². The largest absolute Gasteiger partial charge is 0.355 e. The fraction of sp³-hybridized carbons (Fsp3) is 0.385. The summed E-state index contributed by atoms with van der Waals surface area (Å²) >= 11 is 0. The Morgan fingerprint density at radius 1 is 1.41 bits per heavy atom. The first-order chi connectivity index (χ1) is 8.11. The number of likely N-dealkylation sites (N-methyl/N-ethyl adjacent to an activating group) is 1. The minimum absolute atomic E-state index is 0.808. The van der Waals surface area contributed by atoms with E-state index in [0.717, 1.165) is 41.2 Å². The topological polar surface area (TPSA) is 44.8 Å². The first-order valence-electron chi connectivity index (χ1n) is 5.90. The van der Waals surface area contributed by atoms with Crippen molar-refractivity contribution in [3.63, 3.8) is 0 Å². The van der Waals surface area contributed by atoms with Gasteiger partial charge in [0.1, 0.15) is 17.3 Å². The molecule has 3 heterocycles. The summed E-state index contributed by atoms with van der Waals surface area (Å²) in [7, 11) is 2.05. The Labute approximate surface area is 100 Å². The van der Waals surface area contributed by atoms with Crippen LogP contribution in [0, 0.1) is 6.92 Å². The quantitative estimate of drug-likeness (QED) is 0.814. The van der Waals surface area contributed by atoms with Crippen molar-refractivity contribution in [3.05, 3.63) is 23.7 Å². The van der Waals surface area contributed by atoms with Gasteiger partial charge in [0, 0.05) is 24.8 Å². The van der Waals surface area contributed by atoms with Crippen LogP contribution in [0.5, 0.6) is 0 Å². The number of aryl methyl sites for hydroxylation is 2. The lowest BCUT2D eigenvalue weighted by atomic mass is 9.99. The zero-order valence-corrected chi connectivity index (χ0v) is 10.5. The van der Waals surface area contributed by atoms with Crippen LogP contribution in [0.3, 0.4) is 0 Å². The monoisotopic (exact) mass is 228 g/mol. The molecule has 0 unspecified atom stereocenters. The van der Waals surface area contributed by atoms with Crippen molar-refractivity contribution in [2.24, 2.45) is 0 Å². The predicted molar refractivity (Wildman–Crippen MR) is 70.3 cm³/mol. The normalized spacial score (nSPS) is 14.8. The smallest absolute Gasteiger partial charge is 0.144 e. The molecule has 0 aliphatic carbocycles. The average Bonchev–Trinajstić information content (AvgIpc) is 2.64. The van der Waals surface area contributed by atoms with Crippen LogP contribution in [-0.4, -0.2) is 28.5 Å². The second kappa shape index (κ2) is 3.32. The van der Waals surface area contributed by atoms with Gasteiger partial charge < -0.3 is 9.88 Å². The molecule has 4 heteroatoms. The Hall–Kier alpha value is -1.84. The van der Waals surface area contributed by atoms with Crippen LogP contribution >= 0.6 is 0 Å². The third kappa shape index (κ3) is 1.30. The van der Waals surface area contributed by atoms with Crippen molar-refractivity contribution >= 4 is 22.4 Å². The molecule has 0 saturated heterocycles. The number of rotatable bonds is 1. The van der Waals surface area contributed by atoms with Gasteiger partial charge in [-0.2, -0.15) is 0 Å². The zero-order chi connectivity index (χ0) is 12.2. The van der Waals surface area contributed by atoms with Gasteiger partial charge in [-0.15, -0.1) is 0 Å². The van der Waals surface area contributed by atoms with E-state index < -0.39 is 0 Å². The van der Waals surface area contributed by atoms with E-state index >= 15 is 0 Å². The van der Waals surface area contributed by atoms with Gasteiger partial charge in [-0.3, -0.25) is 0 Å². The molecule has 4 nitrogen and oxygen atoms in total. The molecule has 0 amide bonds. The van der Waals surface area contributed by atoms with E-state index in [1.165, 1.54) is 11.3 Å². The Balaban J connectivity index is 2.47. The van der Waals surface area contributed by atoms with Crippen molar-refractivity contribution in [1.82, 2.24) is 15.0 Å². The lowest BCUT2D eigenvalue weighted by Gasteiger charge is -2.26. The van der Waals surface area contributed by atoms with Crippen molar-refractivity contribution < 1.29 is 0 Å². The van der Waals surface area contributed by atoms with Crippen LogP contribution < -0.4 is 4.90 Å². The Morgan fingerprint density at radius 2 is 2.18 bits per heavy atom. The van der Waals surface area contributed by atoms with Gasteiger partial charge in [0.2, 0.25) is 0 Å². The molecule has 1 aliphatic rings. The standard InChI is InChI=1S/C13H16N4/c1-5-9-10-7(2)6-17(4)13-11(10)12(16-9)14-8(3)15-13/h2,5-6H2,1,3-4H3,(H,14,15,16). The van der Waals surface area contributed by atoms with E-state index in [4.69, 9.17) is 0 Å². The lowest BCUT2D eigenvalue weighted by molar-refractivity contribution is 0.964. The Kier molecular flexibility index (Phi) is 2.02. The summed E-state index contributed by atoms with van der Waals surface area (Å²) in [6.45, 7) is 9.09. The van der Waals surface area contributed by atoms with Gasteiger partial charge in [-0.1, -0.05) is 13.5 Å². The summed E-state index contributed by atoms with van der Waals surface area (Å²) in [5.41, 5.74) is 4.54. The lowest BCUT2D eigenvalue weighted by Crippen LogP contribution is -2.24. The summed E-state index contributed by atoms with van der Waals surface area (Å²) in [4.78, 5) is 14.6. The Bertz CT molecular complexity index is 624. The third-order valence-corrected chi connectivity index (χ3v) is 3.32. The molecule has 1 N–H and O–H groups in total. The molecule has 0 atom stereocenters. The molecule has 0 fully saturated rings. The first kappa shape index (κ1) is 10.3. The number of aromatic amines is 1. The highest BCUT2D eigenvalue weighted by Crippen LogP contribution is 2.37. The van der Waals surface area contributed by atoms with E-state index in [1.807, 2.05) is 14.0 Å². The minimum Gasteiger partial charge on any atom is -0.355 e. The number of nitrogens with one attached hydrogen (secondary N) is 1. The van der Waals surface area contributed by atoms with Crippen LogP contribution in [0.4, 0.5) is 5.82 Å². The molecule has 1 aliphatic heterocycles. The van der Waals surface area contributed by atoms with Crippen LogP contribution in [0.25, 0.3) is 16.6 Å². The maximum Gasteiger partial charge on any atom is 0.144 e. The van der Waals surface area contributed by atoms with Crippen molar-refractivity contribution in [3.8, 4) is 0 Å². The van der Waals surface area contributed by atoms with E-state index in [9.17, 15) is 0 Å². The van der Waals surface area contributed by atoms with Crippen LogP contribution in [0.2, 0.25) is 0 Å². The zero-order valence-electron chi connectivity index (χ0n) is 10.5. The van der Waals surface area contributed by atoms with Gasteiger partial charge in [0.05, 0.1) is 5.39 Å². The number of hydrogen-bond acceptors (Lipinski definition) is 3. The summed E-state index contributed by atoms with van der Waals surface area (Å²) in [6.07, 6.45) is 0.965. The highest BCUT2D eigenvalue weighted by molar-refractivity contribution is 6.02. The number of H-pyrrole nitrogens is 1. The molecular weight excluding hydrogens is 212 g/mol. The van der Waals surface area contributed by atoms with Gasteiger partial charge in [-0.25, -0.2) is 9.97 Å². The molecule has 3 rings (SSSR count). The fourth-order valence-electron chi connectivity index (χ4n) is 2.61. The van der Waals surface area contributed by atoms with E-state index in [2.05, 4.69) is 33.4 Å². The molecule has 0 radical (unpaired) electrons. The van der Waals surface area contributed by atoms with Gasteiger partial charge >= 0.3 is 0 Å². The molecule has 2 aromatic heterocycles. The van der Waals surface area contributed by atoms with Crippen molar-refractivity contribution in [2.75, 3.05) is 18.5 Å². The summed E-state index contributed by atoms with van der Waals surface area (Å²) in [5, 5.41) is 1.13. The number of nitrogens with zero attached hydrogens (tertiary/aromatic N) is 3. The van der Waals surface area contributed by atoms with Crippen LogP contribution in [0.15, 0.2) is 6.58 Å². The van der Waals surface area contributed by atoms with Crippen LogP contribution in [-0.2, 0) is 6.42 Å². The third-order valence-electron chi connectivity index (χ3n) is 3.32. The number of anilines is 1. The Morgan fingerprint density at radius 3 is 2.88 bits per heavy atom. The molecule has 0 saturated carbocycles. The maximum absolute atomic E-state index is 4.55.